The maximum atomic E-state index is 14.8. The average molecular weight is 376 g/mol. The Hall–Kier alpha value is -1.37. The molecule has 1 aromatic rings. The first-order chi connectivity index (χ1) is 12.6. The molecule has 1 heterocycles. The summed E-state index contributed by atoms with van der Waals surface area (Å²) >= 11 is 0. The molecule has 1 N–H and O–H groups in total. The molecule has 1 aromatic carbocycles. The van der Waals surface area contributed by atoms with E-state index in [4.69, 9.17) is 14.0 Å². The SMILES string of the molecule is CC1(C)OB(C(F)=Cc2ccccc2OCC2(O)CCCCC2)OC1(C)C. The summed E-state index contributed by atoms with van der Waals surface area (Å²) in [5, 5.41) is 10.6. The molecule has 27 heavy (non-hydrogen) atoms. The summed E-state index contributed by atoms with van der Waals surface area (Å²) in [7, 11) is -1.04. The Balaban J connectivity index is 1.73. The van der Waals surface area contributed by atoms with Crippen LogP contribution in [0.4, 0.5) is 4.39 Å². The predicted molar refractivity (Wildman–Crippen MR) is 105 cm³/mol. The molecule has 0 aromatic heterocycles. The Morgan fingerprint density at radius 1 is 1.11 bits per heavy atom. The first-order valence-corrected chi connectivity index (χ1v) is 9.79. The molecule has 4 nitrogen and oxygen atoms in total. The van der Waals surface area contributed by atoms with E-state index >= 15 is 0 Å². The second-order valence-corrected chi connectivity index (χ2v) is 8.73. The van der Waals surface area contributed by atoms with Crippen LogP contribution in [0.1, 0.15) is 65.4 Å². The van der Waals surface area contributed by atoms with Crippen molar-refractivity contribution in [3.63, 3.8) is 0 Å². The van der Waals surface area contributed by atoms with Crippen LogP contribution in [0, 0.1) is 0 Å². The average Bonchev–Trinajstić information content (AvgIpc) is 2.83. The summed E-state index contributed by atoms with van der Waals surface area (Å²) in [6.07, 6.45) is 6.06. The van der Waals surface area contributed by atoms with Crippen LogP contribution in [-0.2, 0) is 9.31 Å². The van der Waals surface area contributed by atoms with Crippen molar-refractivity contribution in [1.82, 2.24) is 0 Å². The zero-order valence-corrected chi connectivity index (χ0v) is 16.8. The Morgan fingerprint density at radius 2 is 1.70 bits per heavy atom. The van der Waals surface area contributed by atoms with Crippen molar-refractivity contribution < 1.29 is 23.5 Å². The lowest BCUT2D eigenvalue weighted by Crippen LogP contribution is -2.41. The number of benzene rings is 1. The highest BCUT2D eigenvalue weighted by Crippen LogP contribution is 2.39. The number of hydrogen-bond acceptors (Lipinski definition) is 4. The molecule has 6 heteroatoms. The van der Waals surface area contributed by atoms with Crippen LogP contribution < -0.4 is 4.74 Å². The van der Waals surface area contributed by atoms with Gasteiger partial charge >= 0.3 is 7.12 Å². The van der Waals surface area contributed by atoms with Gasteiger partial charge in [-0.3, -0.25) is 0 Å². The van der Waals surface area contributed by atoms with E-state index in [0.717, 1.165) is 32.1 Å². The maximum absolute atomic E-state index is 14.8. The fraction of sp³-hybridized carbons (Fsp3) is 0.619. The summed E-state index contributed by atoms with van der Waals surface area (Å²) in [6, 6.07) is 7.23. The van der Waals surface area contributed by atoms with E-state index in [1.807, 2.05) is 39.8 Å². The molecule has 1 saturated heterocycles. The molecule has 148 valence electrons. The van der Waals surface area contributed by atoms with Crippen LogP contribution in [0.3, 0.4) is 0 Å². The molecule has 3 rings (SSSR count). The van der Waals surface area contributed by atoms with Gasteiger partial charge in [-0.2, -0.15) is 0 Å². The van der Waals surface area contributed by atoms with E-state index in [-0.39, 0.29) is 6.61 Å². The van der Waals surface area contributed by atoms with Crippen molar-refractivity contribution in [1.29, 1.82) is 0 Å². The molecule has 2 aliphatic rings. The number of hydrogen-bond donors (Lipinski definition) is 1. The largest absolute Gasteiger partial charge is 0.525 e. The zero-order valence-electron chi connectivity index (χ0n) is 16.8. The molecule has 0 atom stereocenters. The number of halogens is 1. The Kier molecular flexibility index (Phi) is 5.71. The maximum Gasteiger partial charge on any atom is 0.525 e. The van der Waals surface area contributed by atoms with Gasteiger partial charge in [0.25, 0.3) is 0 Å². The second-order valence-electron chi connectivity index (χ2n) is 8.73. The fourth-order valence-corrected chi connectivity index (χ4v) is 3.47. The molecule has 0 unspecified atom stereocenters. The minimum atomic E-state index is -1.04. The molecule has 2 fully saturated rings. The molecular weight excluding hydrogens is 346 g/mol. The second kappa shape index (κ2) is 7.57. The third kappa shape index (κ3) is 4.56. The molecule has 0 radical (unpaired) electrons. The van der Waals surface area contributed by atoms with Crippen molar-refractivity contribution in [3.8, 4) is 5.75 Å². The van der Waals surface area contributed by atoms with Gasteiger partial charge in [-0.15, -0.1) is 0 Å². The summed E-state index contributed by atoms with van der Waals surface area (Å²) in [5.41, 5.74) is -1.88. The highest BCUT2D eigenvalue weighted by atomic mass is 19.1. The highest BCUT2D eigenvalue weighted by molar-refractivity contribution is 6.54. The minimum absolute atomic E-state index is 0.218. The number of para-hydroxylation sites is 1. The first kappa shape index (κ1) is 20.4. The van der Waals surface area contributed by atoms with Gasteiger partial charge in [0.2, 0.25) is 0 Å². The third-order valence-electron chi connectivity index (χ3n) is 5.97. The van der Waals surface area contributed by atoms with E-state index in [2.05, 4.69) is 0 Å². The van der Waals surface area contributed by atoms with E-state index in [1.54, 1.807) is 12.1 Å². The lowest BCUT2D eigenvalue weighted by molar-refractivity contribution is -0.0339. The number of aliphatic hydroxyl groups is 1. The van der Waals surface area contributed by atoms with Gasteiger partial charge in [-0.05, 0) is 52.7 Å². The van der Waals surface area contributed by atoms with Gasteiger partial charge in [-0.25, -0.2) is 4.39 Å². The Labute approximate surface area is 161 Å². The standard InChI is InChI=1S/C21H30BFO4/c1-19(2)20(3,4)27-22(26-19)18(23)14-16-10-6-7-11-17(16)25-15-21(24)12-8-5-9-13-21/h6-7,10-11,14,24H,5,8-9,12-13,15H2,1-4H3. The molecule has 0 bridgehead atoms. The summed E-state index contributed by atoms with van der Waals surface area (Å²) < 4.78 is 32.2. The van der Waals surface area contributed by atoms with Crippen LogP contribution in [0.15, 0.2) is 30.0 Å². The van der Waals surface area contributed by atoms with Gasteiger partial charge in [0.1, 0.15) is 18.1 Å². The zero-order chi connectivity index (χ0) is 19.7. The molecule has 1 saturated carbocycles. The van der Waals surface area contributed by atoms with Crippen LogP contribution >= 0.6 is 0 Å². The summed E-state index contributed by atoms with van der Waals surface area (Å²) in [5.74, 6) is 0.545. The van der Waals surface area contributed by atoms with Crippen LogP contribution in [0.2, 0.25) is 0 Å². The molecule has 1 aliphatic carbocycles. The van der Waals surface area contributed by atoms with Gasteiger partial charge in [0, 0.05) is 5.56 Å². The van der Waals surface area contributed by atoms with Gasteiger partial charge in [0.15, 0.2) is 0 Å². The quantitative estimate of drug-likeness (QED) is 0.757. The van der Waals surface area contributed by atoms with E-state index in [1.165, 1.54) is 6.08 Å². The van der Waals surface area contributed by atoms with Crippen molar-refractivity contribution >= 4 is 13.2 Å². The summed E-state index contributed by atoms with van der Waals surface area (Å²) in [6.45, 7) is 7.78. The van der Waals surface area contributed by atoms with Crippen LogP contribution in [-0.4, -0.2) is 35.6 Å². The fourth-order valence-electron chi connectivity index (χ4n) is 3.47. The summed E-state index contributed by atoms with van der Waals surface area (Å²) in [4.78, 5) is 0. The normalized spacial score (nSPS) is 24.1. The Bertz CT molecular complexity index is 679. The van der Waals surface area contributed by atoms with Crippen molar-refractivity contribution in [2.45, 2.75) is 76.6 Å². The Morgan fingerprint density at radius 3 is 2.33 bits per heavy atom. The van der Waals surface area contributed by atoms with Gasteiger partial charge in [0.05, 0.1) is 16.8 Å². The lowest BCUT2D eigenvalue weighted by Gasteiger charge is -2.32. The van der Waals surface area contributed by atoms with Gasteiger partial charge in [-0.1, -0.05) is 37.5 Å². The van der Waals surface area contributed by atoms with Crippen molar-refractivity contribution in [3.05, 3.63) is 35.6 Å². The number of ether oxygens (including phenoxy) is 1. The van der Waals surface area contributed by atoms with Crippen LogP contribution in [0.5, 0.6) is 5.75 Å². The minimum Gasteiger partial charge on any atom is -0.490 e. The molecule has 1 aliphatic heterocycles. The number of rotatable bonds is 5. The van der Waals surface area contributed by atoms with E-state index in [9.17, 15) is 9.50 Å². The molecular formula is C21H30BFO4. The van der Waals surface area contributed by atoms with E-state index < -0.39 is 29.6 Å². The molecule has 0 amide bonds. The lowest BCUT2D eigenvalue weighted by atomic mass is 9.85. The van der Waals surface area contributed by atoms with Crippen molar-refractivity contribution in [2.24, 2.45) is 0 Å². The molecule has 0 spiro atoms. The van der Waals surface area contributed by atoms with Crippen molar-refractivity contribution in [2.75, 3.05) is 6.61 Å². The smallest absolute Gasteiger partial charge is 0.490 e. The van der Waals surface area contributed by atoms with E-state index in [0.29, 0.717) is 11.3 Å². The third-order valence-corrected chi connectivity index (χ3v) is 5.97. The topological polar surface area (TPSA) is 47.9 Å². The first-order valence-electron chi connectivity index (χ1n) is 9.79. The van der Waals surface area contributed by atoms with Gasteiger partial charge < -0.3 is 19.2 Å². The predicted octanol–water partition coefficient (Wildman–Crippen LogP) is 4.70. The highest BCUT2D eigenvalue weighted by Gasteiger charge is 2.53. The monoisotopic (exact) mass is 376 g/mol. The van der Waals surface area contributed by atoms with Crippen LogP contribution in [0.25, 0.3) is 6.08 Å².